The first kappa shape index (κ1) is 20.9. The fourth-order valence-corrected chi connectivity index (χ4v) is 3.96. The minimum absolute atomic E-state index is 0.0121. The van der Waals surface area contributed by atoms with Gasteiger partial charge in [-0.1, -0.05) is 55.5 Å². The number of carbonyl (C=O) groups is 2. The number of primary amides is 1. The van der Waals surface area contributed by atoms with Gasteiger partial charge in [-0.2, -0.15) is 0 Å². The minimum Gasteiger partial charge on any atom is -0.352 e. The van der Waals surface area contributed by atoms with Crippen LogP contribution >= 0.6 is 0 Å². The molecule has 154 valence electrons. The van der Waals surface area contributed by atoms with Crippen LogP contribution in [0.5, 0.6) is 0 Å². The Kier molecular flexibility index (Phi) is 6.88. The topological polar surface area (TPSA) is 87.5 Å². The summed E-state index contributed by atoms with van der Waals surface area (Å²) in [7, 11) is 0. The molecule has 3 amide bonds. The summed E-state index contributed by atoms with van der Waals surface area (Å²) in [5.41, 5.74) is 9.73. The molecule has 0 bridgehead atoms. The molecule has 6 heteroatoms. The molecule has 0 spiro atoms. The number of hydrogen-bond acceptors (Lipinski definition) is 3. The van der Waals surface area contributed by atoms with E-state index in [0.717, 1.165) is 36.2 Å². The Morgan fingerprint density at radius 1 is 1.21 bits per heavy atom. The average molecular weight is 395 g/mol. The number of hydrogen-bond donors (Lipinski definition) is 3. The predicted octanol–water partition coefficient (Wildman–Crippen LogP) is 2.83. The average Bonchev–Trinajstić information content (AvgIpc) is 2.73. The van der Waals surface area contributed by atoms with Crippen LogP contribution in [0.3, 0.4) is 0 Å². The SMILES string of the molecule is CCc1ccc(C2CNCCN2C(=O)CC(NC(N)=O)c2ccccc2C)cc1. The number of nitrogens with two attached hydrogens (primary N) is 1. The summed E-state index contributed by atoms with van der Waals surface area (Å²) in [6.45, 7) is 6.21. The standard InChI is InChI=1S/C23H30N4O2/c1-3-17-8-10-18(11-9-17)21-15-25-12-13-27(21)22(28)14-20(26-23(24)29)19-7-5-4-6-16(19)2/h4-11,20-21,25H,3,12-15H2,1-2H3,(H3,24,26,29). The molecule has 1 heterocycles. The predicted molar refractivity (Wildman–Crippen MR) is 114 cm³/mol. The van der Waals surface area contributed by atoms with E-state index in [-0.39, 0.29) is 18.4 Å². The number of rotatable bonds is 6. The molecule has 0 aliphatic carbocycles. The lowest BCUT2D eigenvalue weighted by Crippen LogP contribution is -2.49. The molecule has 1 fully saturated rings. The highest BCUT2D eigenvalue weighted by atomic mass is 16.2. The summed E-state index contributed by atoms with van der Waals surface area (Å²) in [6, 6.07) is 15.1. The third-order valence-electron chi connectivity index (χ3n) is 5.60. The van der Waals surface area contributed by atoms with E-state index in [0.29, 0.717) is 6.54 Å². The molecule has 6 nitrogen and oxygen atoms in total. The van der Waals surface area contributed by atoms with Gasteiger partial charge in [0.05, 0.1) is 18.5 Å². The highest BCUT2D eigenvalue weighted by molar-refractivity contribution is 5.79. The minimum atomic E-state index is -0.627. The van der Waals surface area contributed by atoms with Crippen LogP contribution in [-0.2, 0) is 11.2 Å². The Morgan fingerprint density at radius 3 is 2.59 bits per heavy atom. The van der Waals surface area contributed by atoms with Crippen molar-refractivity contribution in [3.8, 4) is 0 Å². The lowest BCUT2D eigenvalue weighted by Gasteiger charge is -2.37. The van der Waals surface area contributed by atoms with Crippen molar-refractivity contribution in [3.05, 3.63) is 70.8 Å². The monoisotopic (exact) mass is 394 g/mol. The van der Waals surface area contributed by atoms with E-state index in [1.807, 2.05) is 36.1 Å². The number of urea groups is 1. The summed E-state index contributed by atoms with van der Waals surface area (Å²) in [5, 5.41) is 6.14. The first-order chi connectivity index (χ1) is 14.0. The molecular weight excluding hydrogens is 364 g/mol. The summed E-state index contributed by atoms with van der Waals surface area (Å²) < 4.78 is 0. The van der Waals surface area contributed by atoms with Crippen LogP contribution in [0.4, 0.5) is 4.79 Å². The Bertz CT molecular complexity index is 850. The first-order valence-corrected chi connectivity index (χ1v) is 10.2. The maximum Gasteiger partial charge on any atom is 0.312 e. The van der Waals surface area contributed by atoms with Gasteiger partial charge in [0.15, 0.2) is 0 Å². The molecule has 0 aromatic heterocycles. The van der Waals surface area contributed by atoms with Crippen molar-refractivity contribution < 1.29 is 9.59 Å². The van der Waals surface area contributed by atoms with Gasteiger partial charge in [-0.05, 0) is 35.6 Å². The lowest BCUT2D eigenvalue weighted by atomic mass is 9.96. The molecule has 1 saturated heterocycles. The molecule has 1 aliphatic heterocycles. The van der Waals surface area contributed by atoms with Crippen molar-refractivity contribution in [2.75, 3.05) is 19.6 Å². The Balaban J connectivity index is 1.81. The Labute approximate surface area is 172 Å². The highest BCUT2D eigenvalue weighted by Gasteiger charge is 2.30. The van der Waals surface area contributed by atoms with Gasteiger partial charge >= 0.3 is 6.03 Å². The number of piperazine rings is 1. The van der Waals surface area contributed by atoms with Gasteiger partial charge in [0.2, 0.25) is 5.91 Å². The number of carbonyl (C=O) groups excluding carboxylic acids is 2. The van der Waals surface area contributed by atoms with Gasteiger partial charge in [-0.25, -0.2) is 4.79 Å². The number of benzene rings is 2. The summed E-state index contributed by atoms with van der Waals surface area (Å²) in [4.78, 5) is 26.8. The Hall–Kier alpha value is -2.86. The third kappa shape index (κ3) is 5.15. The van der Waals surface area contributed by atoms with Crippen LogP contribution in [0.2, 0.25) is 0 Å². The zero-order valence-corrected chi connectivity index (χ0v) is 17.2. The van der Waals surface area contributed by atoms with Gasteiger partial charge < -0.3 is 21.3 Å². The molecule has 0 saturated carbocycles. The van der Waals surface area contributed by atoms with E-state index >= 15 is 0 Å². The van der Waals surface area contributed by atoms with Crippen molar-refractivity contribution in [1.29, 1.82) is 0 Å². The van der Waals surface area contributed by atoms with Gasteiger partial charge in [0.25, 0.3) is 0 Å². The number of amides is 3. The molecule has 4 N–H and O–H groups in total. The maximum atomic E-state index is 13.3. The van der Waals surface area contributed by atoms with Crippen LogP contribution in [-0.4, -0.2) is 36.5 Å². The van der Waals surface area contributed by atoms with Crippen molar-refractivity contribution in [2.24, 2.45) is 5.73 Å². The molecule has 3 rings (SSSR count). The molecule has 29 heavy (non-hydrogen) atoms. The van der Waals surface area contributed by atoms with Crippen molar-refractivity contribution in [3.63, 3.8) is 0 Å². The smallest absolute Gasteiger partial charge is 0.312 e. The maximum absolute atomic E-state index is 13.3. The molecule has 2 unspecified atom stereocenters. The fourth-order valence-electron chi connectivity index (χ4n) is 3.96. The van der Waals surface area contributed by atoms with Crippen LogP contribution in [0.25, 0.3) is 0 Å². The largest absolute Gasteiger partial charge is 0.352 e. The highest BCUT2D eigenvalue weighted by Crippen LogP contribution is 2.27. The molecular formula is C23H30N4O2. The van der Waals surface area contributed by atoms with Crippen molar-refractivity contribution >= 4 is 11.9 Å². The van der Waals surface area contributed by atoms with Gasteiger partial charge in [0, 0.05) is 19.6 Å². The molecule has 2 aromatic rings. The van der Waals surface area contributed by atoms with E-state index in [4.69, 9.17) is 5.73 Å². The van der Waals surface area contributed by atoms with Crippen LogP contribution in [0.1, 0.15) is 47.7 Å². The van der Waals surface area contributed by atoms with E-state index in [1.165, 1.54) is 5.56 Å². The second-order valence-electron chi connectivity index (χ2n) is 7.52. The van der Waals surface area contributed by atoms with Crippen molar-refractivity contribution in [1.82, 2.24) is 15.5 Å². The second kappa shape index (κ2) is 9.56. The normalized spacial score (nSPS) is 17.6. The fraction of sp³-hybridized carbons (Fsp3) is 0.391. The van der Waals surface area contributed by atoms with E-state index in [2.05, 4.69) is 41.8 Å². The van der Waals surface area contributed by atoms with Crippen LogP contribution in [0, 0.1) is 6.92 Å². The molecule has 2 aromatic carbocycles. The first-order valence-electron chi connectivity index (χ1n) is 10.2. The molecule has 1 aliphatic rings. The number of nitrogens with zero attached hydrogens (tertiary/aromatic N) is 1. The summed E-state index contributed by atoms with van der Waals surface area (Å²) >= 11 is 0. The quantitative estimate of drug-likeness (QED) is 0.704. The molecule has 2 atom stereocenters. The number of aryl methyl sites for hydroxylation is 2. The number of nitrogens with one attached hydrogen (secondary N) is 2. The second-order valence-corrected chi connectivity index (χ2v) is 7.52. The van der Waals surface area contributed by atoms with Gasteiger partial charge in [0.1, 0.15) is 0 Å². The third-order valence-corrected chi connectivity index (χ3v) is 5.60. The zero-order chi connectivity index (χ0) is 20.8. The van der Waals surface area contributed by atoms with Crippen molar-refractivity contribution in [2.45, 2.75) is 38.8 Å². The van der Waals surface area contributed by atoms with Gasteiger partial charge in [-0.3, -0.25) is 4.79 Å². The lowest BCUT2D eigenvalue weighted by molar-refractivity contribution is -0.135. The summed E-state index contributed by atoms with van der Waals surface area (Å²) in [5.74, 6) is 0.0121. The van der Waals surface area contributed by atoms with Crippen LogP contribution in [0.15, 0.2) is 48.5 Å². The van der Waals surface area contributed by atoms with Crippen LogP contribution < -0.4 is 16.4 Å². The van der Waals surface area contributed by atoms with E-state index < -0.39 is 12.1 Å². The zero-order valence-electron chi connectivity index (χ0n) is 17.2. The molecule has 0 radical (unpaired) electrons. The van der Waals surface area contributed by atoms with E-state index in [9.17, 15) is 9.59 Å². The van der Waals surface area contributed by atoms with E-state index in [1.54, 1.807) is 0 Å². The summed E-state index contributed by atoms with van der Waals surface area (Å²) in [6.07, 6.45) is 1.17. The van der Waals surface area contributed by atoms with Gasteiger partial charge in [-0.15, -0.1) is 0 Å². The Morgan fingerprint density at radius 2 is 1.93 bits per heavy atom.